The molecule has 10 nitrogen and oxygen atoms in total. The van der Waals surface area contributed by atoms with E-state index in [1.54, 1.807) is 47.7 Å². The number of rotatable bonds is 10. The Morgan fingerprint density at radius 1 is 1.11 bits per heavy atom. The van der Waals surface area contributed by atoms with Crippen molar-refractivity contribution in [2.75, 3.05) is 17.6 Å². The molecule has 0 radical (unpaired) electrons. The topological polar surface area (TPSA) is 144 Å². The lowest BCUT2D eigenvalue weighted by Crippen LogP contribution is -2.25. The number of nitrogen functional groups attached to an aromatic ring is 1. The second-order valence-electron chi connectivity index (χ2n) is 8.11. The van der Waals surface area contributed by atoms with Gasteiger partial charge in [0.2, 0.25) is 5.91 Å². The third-order valence-electron chi connectivity index (χ3n) is 5.55. The number of carbonyl (C=O) groups is 2. The maximum Gasteiger partial charge on any atom is 0.251 e. The Morgan fingerprint density at radius 3 is 2.69 bits per heavy atom. The van der Waals surface area contributed by atoms with Gasteiger partial charge in [-0.2, -0.15) is 10.4 Å². The predicted molar refractivity (Wildman–Crippen MR) is 135 cm³/mol. The smallest absolute Gasteiger partial charge is 0.251 e. The van der Waals surface area contributed by atoms with Gasteiger partial charge in [0.15, 0.2) is 0 Å². The van der Waals surface area contributed by atoms with Crippen molar-refractivity contribution in [3.05, 3.63) is 90.1 Å². The van der Waals surface area contributed by atoms with Gasteiger partial charge in [-0.1, -0.05) is 24.3 Å². The Balaban J connectivity index is 1.28. The van der Waals surface area contributed by atoms with Crippen LogP contribution in [-0.2, 0) is 17.8 Å². The Bertz CT molecular complexity index is 1370. The number of amides is 2. The zero-order valence-electron chi connectivity index (χ0n) is 19.6. The number of hydrogen-bond donors (Lipinski definition) is 3. The van der Waals surface area contributed by atoms with Crippen LogP contribution in [0, 0.1) is 11.3 Å². The van der Waals surface area contributed by atoms with Gasteiger partial charge in [-0.05, 0) is 43.2 Å². The van der Waals surface area contributed by atoms with Crippen molar-refractivity contribution in [3.8, 4) is 11.8 Å². The van der Waals surface area contributed by atoms with Gasteiger partial charge >= 0.3 is 0 Å². The number of nitrogens with two attached hydrogens (primary N) is 1. The maximum atomic E-state index is 12.6. The highest BCUT2D eigenvalue weighted by atomic mass is 16.2. The van der Waals surface area contributed by atoms with E-state index in [0.717, 1.165) is 5.69 Å². The van der Waals surface area contributed by atoms with E-state index < -0.39 is 0 Å². The largest absolute Gasteiger partial charge is 0.382 e. The molecule has 36 heavy (non-hydrogen) atoms. The first-order chi connectivity index (χ1) is 17.5. The molecule has 0 fully saturated rings. The van der Waals surface area contributed by atoms with E-state index in [1.165, 1.54) is 0 Å². The first kappa shape index (κ1) is 24.2. The lowest BCUT2D eigenvalue weighted by molar-refractivity contribution is -0.116. The van der Waals surface area contributed by atoms with Gasteiger partial charge < -0.3 is 20.9 Å². The average Bonchev–Trinajstić information content (AvgIpc) is 3.53. The van der Waals surface area contributed by atoms with Crippen LogP contribution in [0.4, 0.5) is 11.5 Å². The summed E-state index contributed by atoms with van der Waals surface area (Å²) in [6, 6.07) is 18.3. The van der Waals surface area contributed by atoms with Gasteiger partial charge in [-0.3, -0.25) is 9.59 Å². The van der Waals surface area contributed by atoms with Crippen LogP contribution in [0.3, 0.4) is 0 Å². The summed E-state index contributed by atoms with van der Waals surface area (Å²) >= 11 is 0. The van der Waals surface area contributed by atoms with Crippen LogP contribution in [0.1, 0.15) is 34.5 Å². The highest BCUT2D eigenvalue weighted by Gasteiger charge is 2.16. The van der Waals surface area contributed by atoms with Crippen LogP contribution in [0.25, 0.3) is 5.69 Å². The monoisotopic (exact) mass is 482 g/mol. The normalized spacial score (nSPS) is 10.5. The summed E-state index contributed by atoms with van der Waals surface area (Å²) in [4.78, 5) is 28.8. The molecule has 4 rings (SSSR count). The van der Waals surface area contributed by atoms with Gasteiger partial charge in [0.05, 0.1) is 17.7 Å². The van der Waals surface area contributed by atoms with Crippen LogP contribution < -0.4 is 16.4 Å². The van der Waals surface area contributed by atoms with Crippen LogP contribution >= 0.6 is 0 Å². The van der Waals surface area contributed by atoms with Gasteiger partial charge in [-0.15, -0.1) is 0 Å². The molecule has 10 heteroatoms. The molecule has 0 aliphatic carbocycles. The lowest BCUT2D eigenvalue weighted by Gasteiger charge is -2.09. The Morgan fingerprint density at radius 2 is 1.94 bits per heavy atom. The van der Waals surface area contributed by atoms with Crippen molar-refractivity contribution >= 4 is 23.3 Å². The molecule has 0 saturated heterocycles. The summed E-state index contributed by atoms with van der Waals surface area (Å²) in [6.07, 6.45) is 6.47. The molecule has 0 saturated carbocycles. The molecule has 0 aliphatic rings. The summed E-state index contributed by atoms with van der Waals surface area (Å²) in [5, 5.41) is 19.7. The van der Waals surface area contributed by atoms with E-state index >= 15 is 0 Å². The van der Waals surface area contributed by atoms with Crippen molar-refractivity contribution in [3.63, 3.8) is 0 Å². The van der Waals surface area contributed by atoms with Crippen molar-refractivity contribution < 1.29 is 9.59 Å². The quantitative estimate of drug-likeness (QED) is 0.297. The van der Waals surface area contributed by atoms with Crippen molar-refractivity contribution in [2.24, 2.45) is 0 Å². The molecule has 4 aromatic rings. The molecule has 182 valence electrons. The Hall–Kier alpha value is -4.91. The molecule has 4 N–H and O–H groups in total. The molecule has 0 spiro atoms. The maximum absolute atomic E-state index is 12.6. The zero-order chi connectivity index (χ0) is 25.3. The minimum absolute atomic E-state index is 0.149. The number of hydrogen-bond acceptors (Lipinski definition) is 6. The van der Waals surface area contributed by atoms with E-state index in [2.05, 4.69) is 26.8 Å². The fraction of sp³-hybridized carbons (Fsp3) is 0.192. The van der Waals surface area contributed by atoms with Crippen LogP contribution in [-0.4, -0.2) is 37.7 Å². The second-order valence-corrected chi connectivity index (χ2v) is 8.11. The number of nitriles is 1. The number of nitrogens with one attached hydrogen (secondary N) is 2. The number of aryl methyl sites for hydroxylation is 2. The molecular weight excluding hydrogens is 456 g/mol. The number of benzene rings is 2. The fourth-order valence-electron chi connectivity index (χ4n) is 3.71. The number of imidazole rings is 1. The van der Waals surface area contributed by atoms with Gasteiger partial charge in [0.1, 0.15) is 17.5 Å². The number of para-hydroxylation sites is 1. The van der Waals surface area contributed by atoms with E-state index in [1.807, 2.05) is 34.9 Å². The molecule has 0 unspecified atom stereocenters. The van der Waals surface area contributed by atoms with Gasteiger partial charge in [-0.25, -0.2) is 9.67 Å². The van der Waals surface area contributed by atoms with Crippen LogP contribution in [0.5, 0.6) is 0 Å². The zero-order valence-corrected chi connectivity index (χ0v) is 19.6. The third-order valence-corrected chi connectivity index (χ3v) is 5.55. The SMILES string of the molecule is N#Cc1c(CCCNC(=O)c2cccc(NC(=O)CCn3ccnc3)c2)nn(-c2ccccc2)c1N. The number of aromatic nitrogens is 4. The number of carbonyl (C=O) groups excluding carboxylic acids is 2. The van der Waals surface area contributed by atoms with Crippen molar-refractivity contribution in [1.82, 2.24) is 24.6 Å². The standard InChI is InChI=1S/C26H26N8O2/c27-17-22-23(32-34(25(22)28)21-8-2-1-3-9-21)10-5-12-30-26(36)19-6-4-7-20(16-19)31-24(35)11-14-33-15-13-29-18-33/h1-4,6-9,13,15-16,18H,5,10-12,14,28H2,(H,30,36)(H,31,35). The molecule has 0 aliphatic heterocycles. The van der Waals surface area contributed by atoms with Crippen molar-refractivity contribution in [1.29, 1.82) is 5.26 Å². The molecule has 2 amide bonds. The third kappa shape index (κ3) is 5.95. The minimum Gasteiger partial charge on any atom is -0.382 e. The van der Waals surface area contributed by atoms with Crippen molar-refractivity contribution in [2.45, 2.75) is 25.8 Å². The highest BCUT2D eigenvalue weighted by Crippen LogP contribution is 2.21. The number of anilines is 2. The lowest BCUT2D eigenvalue weighted by atomic mass is 10.1. The Kier molecular flexibility index (Phi) is 7.73. The molecular formula is C26H26N8O2. The van der Waals surface area contributed by atoms with Crippen LogP contribution in [0.15, 0.2) is 73.3 Å². The van der Waals surface area contributed by atoms with E-state index in [9.17, 15) is 14.9 Å². The predicted octanol–water partition coefficient (Wildman–Crippen LogP) is 2.91. The van der Waals surface area contributed by atoms with E-state index in [4.69, 9.17) is 5.73 Å². The summed E-state index contributed by atoms with van der Waals surface area (Å²) in [5.74, 6) is -0.102. The molecule has 0 bridgehead atoms. The number of nitrogens with zero attached hydrogens (tertiary/aromatic N) is 5. The summed E-state index contributed by atoms with van der Waals surface area (Å²) < 4.78 is 3.38. The summed E-state index contributed by atoms with van der Waals surface area (Å²) in [7, 11) is 0. The summed E-state index contributed by atoms with van der Waals surface area (Å²) in [5.41, 5.74) is 8.86. The summed E-state index contributed by atoms with van der Waals surface area (Å²) in [6.45, 7) is 0.915. The first-order valence-corrected chi connectivity index (χ1v) is 11.5. The minimum atomic E-state index is -0.251. The van der Waals surface area contributed by atoms with Crippen LogP contribution in [0.2, 0.25) is 0 Å². The van der Waals surface area contributed by atoms with E-state index in [0.29, 0.717) is 60.7 Å². The highest BCUT2D eigenvalue weighted by molar-refractivity contribution is 5.97. The molecule has 2 heterocycles. The first-order valence-electron chi connectivity index (χ1n) is 11.5. The Labute approximate surface area is 208 Å². The molecule has 2 aromatic carbocycles. The molecule has 2 aromatic heterocycles. The fourth-order valence-corrected chi connectivity index (χ4v) is 3.71. The van der Waals surface area contributed by atoms with Gasteiger partial charge in [0, 0.05) is 43.2 Å². The van der Waals surface area contributed by atoms with Gasteiger partial charge in [0.25, 0.3) is 5.91 Å². The van der Waals surface area contributed by atoms with E-state index in [-0.39, 0.29) is 11.8 Å². The average molecular weight is 483 g/mol. The molecule has 0 atom stereocenters. The second kappa shape index (κ2) is 11.5.